The first-order valence-corrected chi connectivity index (χ1v) is 8.38. The van der Waals surface area contributed by atoms with E-state index in [9.17, 15) is 23.5 Å². The molecule has 0 bridgehead atoms. The van der Waals surface area contributed by atoms with E-state index < -0.39 is 35.1 Å². The van der Waals surface area contributed by atoms with E-state index in [0.717, 1.165) is 34.4 Å². The maximum absolute atomic E-state index is 13.6. The zero-order valence-electron chi connectivity index (χ0n) is 13.3. The Kier molecular flexibility index (Phi) is 4.00. The summed E-state index contributed by atoms with van der Waals surface area (Å²) in [5, 5.41) is 18.2. The number of aromatic nitrogens is 4. The first-order valence-electron chi connectivity index (χ1n) is 7.50. The molecule has 3 heterocycles. The van der Waals surface area contributed by atoms with Crippen LogP contribution in [0.25, 0.3) is 5.76 Å². The van der Waals surface area contributed by atoms with Crippen LogP contribution < -0.4 is 4.90 Å². The van der Waals surface area contributed by atoms with Gasteiger partial charge >= 0.3 is 5.91 Å². The van der Waals surface area contributed by atoms with E-state index in [4.69, 9.17) is 0 Å². The molecule has 8 nitrogen and oxygen atoms in total. The van der Waals surface area contributed by atoms with Crippen LogP contribution in [-0.2, 0) is 9.59 Å². The SMILES string of the molecule is O=C1C(=O)N(c2nncs2)C(c2cnc[nH]2)/C1=C(\O)c1ccc(F)c(F)c1. The van der Waals surface area contributed by atoms with Crippen molar-refractivity contribution in [3.63, 3.8) is 0 Å². The van der Waals surface area contributed by atoms with Gasteiger partial charge in [0.25, 0.3) is 5.78 Å². The van der Waals surface area contributed by atoms with Gasteiger partial charge in [0, 0.05) is 5.56 Å². The minimum absolute atomic E-state index is 0.140. The number of aliphatic hydroxyl groups is 1. The van der Waals surface area contributed by atoms with E-state index in [1.807, 2.05) is 0 Å². The molecule has 1 amide bonds. The Morgan fingerprint density at radius 2 is 2.07 bits per heavy atom. The lowest BCUT2D eigenvalue weighted by Gasteiger charge is -2.20. The van der Waals surface area contributed by atoms with Gasteiger partial charge in [-0.1, -0.05) is 11.3 Å². The van der Waals surface area contributed by atoms with E-state index in [2.05, 4.69) is 20.2 Å². The second-order valence-electron chi connectivity index (χ2n) is 5.53. The number of halogens is 2. The van der Waals surface area contributed by atoms with Gasteiger partial charge in [-0.05, 0) is 18.2 Å². The Bertz CT molecular complexity index is 1070. The summed E-state index contributed by atoms with van der Waals surface area (Å²) < 4.78 is 26.8. The third-order valence-electron chi connectivity index (χ3n) is 4.01. The number of nitrogens with one attached hydrogen (secondary N) is 1. The average molecular weight is 389 g/mol. The number of carbonyl (C=O) groups excluding carboxylic acids is 2. The van der Waals surface area contributed by atoms with Crippen molar-refractivity contribution in [3.8, 4) is 0 Å². The molecule has 1 aliphatic heterocycles. The summed E-state index contributed by atoms with van der Waals surface area (Å²) in [5.74, 6) is -4.87. The summed E-state index contributed by atoms with van der Waals surface area (Å²) in [6, 6.07) is 1.59. The number of aliphatic hydroxyl groups excluding tert-OH is 1. The third-order valence-corrected chi connectivity index (χ3v) is 4.69. The molecule has 1 saturated heterocycles. The first-order chi connectivity index (χ1) is 13.0. The smallest absolute Gasteiger partial charge is 0.302 e. The highest BCUT2D eigenvalue weighted by atomic mass is 32.1. The number of imidazole rings is 1. The van der Waals surface area contributed by atoms with Crippen molar-refractivity contribution in [1.29, 1.82) is 0 Å². The second kappa shape index (κ2) is 6.36. The van der Waals surface area contributed by atoms with Gasteiger partial charge in [0.05, 0.1) is 23.8 Å². The van der Waals surface area contributed by atoms with Crippen LogP contribution in [0.4, 0.5) is 13.9 Å². The zero-order valence-corrected chi connectivity index (χ0v) is 14.1. The minimum Gasteiger partial charge on any atom is -0.507 e. The number of anilines is 1. The quantitative estimate of drug-likeness (QED) is 0.403. The van der Waals surface area contributed by atoms with Crippen LogP contribution in [-0.4, -0.2) is 37.0 Å². The predicted molar refractivity (Wildman–Crippen MR) is 89.6 cm³/mol. The standard InChI is InChI=1S/C16H9F2N5O3S/c17-8-2-1-7(3-9(8)18)13(24)11-12(10-4-19-5-20-10)23(15(26)14(11)25)16-22-21-6-27-16/h1-6,12,24H,(H,19,20)/b13-11+. The summed E-state index contributed by atoms with van der Waals surface area (Å²) in [5.41, 5.74) is 1.27. The highest BCUT2D eigenvalue weighted by molar-refractivity contribution is 7.13. The molecule has 11 heteroatoms. The molecule has 1 unspecified atom stereocenters. The van der Waals surface area contributed by atoms with Crippen molar-refractivity contribution < 1.29 is 23.5 Å². The average Bonchev–Trinajstić information content (AvgIpc) is 3.39. The fourth-order valence-corrected chi connectivity index (χ4v) is 3.40. The summed E-state index contributed by atoms with van der Waals surface area (Å²) in [6.07, 6.45) is 2.72. The van der Waals surface area contributed by atoms with E-state index in [0.29, 0.717) is 5.69 Å². The van der Waals surface area contributed by atoms with Crippen molar-refractivity contribution in [2.45, 2.75) is 6.04 Å². The van der Waals surface area contributed by atoms with E-state index >= 15 is 0 Å². The number of carbonyl (C=O) groups is 2. The van der Waals surface area contributed by atoms with E-state index in [1.165, 1.54) is 18.0 Å². The minimum atomic E-state index is -1.20. The monoisotopic (exact) mass is 389 g/mol. The molecule has 2 aromatic heterocycles. The number of Topliss-reactive ketones (excluding diaryl/α,β-unsaturated/α-hetero) is 1. The van der Waals surface area contributed by atoms with Crippen molar-refractivity contribution >= 4 is 33.9 Å². The summed E-state index contributed by atoms with van der Waals surface area (Å²) in [6.45, 7) is 0. The number of benzene rings is 1. The lowest BCUT2D eigenvalue weighted by Crippen LogP contribution is -2.29. The Morgan fingerprint density at radius 1 is 1.26 bits per heavy atom. The Balaban J connectivity index is 1.93. The summed E-state index contributed by atoms with van der Waals surface area (Å²) in [7, 11) is 0. The molecule has 1 fully saturated rings. The van der Waals surface area contributed by atoms with Crippen molar-refractivity contribution in [3.05, 3.63) is 64.7 Å². The molecule has 1 aliphatic rings. The van der Waals surface area contributed by atoms with Crippen molar-refractivity contribution in [2.75, 3.05) is 4.90 Å². The van der Waals surface area contributed by atoms with Gasteiger partial charge < -0.3 is 10.1 Å². The molecule has 0 spiro atoms. The Labute approximate surface area is 153 Å². The van der Waals surface area contributed by atoms with Crippen LogP contribution >= 0.6 is 11.3 Å². The van der Waals surface area contributed by atoms with Gasteiger partial charge in [-0.2, -0.15) is 0 Å². The van der Waals surface area contributed by atoms with Crippen LogP contribution in [0.1, 0.15) is 17.3 Å². The first kappa shape index (κ1) is 17.0. The summed E-state index contributed by atoms with van der Waals surface area (Å²) >= 11 is 1.02. The van der Waals surface area contributed by atoms with Crippen LogP contribution in [0.2, 0.25) is 0 Å². The number of amides is 1. The largest absolute Gasteiger partial charge is 0.507 e. The van der Waals surface area contributed by atoms with Gasteiger partial charge in [-0.3, -0.25) is 14.5 Å². The number of nitrogens with zero attached hydrogens (tertiary/aromatic N) is 4. The highest BCUT2D eigenvalue weighted by Crippen LogP contribution is 2.41. The Morgan fingerprint density at radius 3 is 2.70 bits per heavy atom. The highest BCUT2D eigenvalue weighted by Gasteiger charge is 2.48. The zero-order chi connectivity index (χ0) is 19.1. The van der Waals surface area contributed by atoms with Crippen LogP contribution in [0.3, 0.4) is 0 Å². The molecule has 0 aliphatic carbocycles. The number of aromatic amines is 1. The number of H-pyrrole nitrogens is 1. The van der Waals surface area contributed by atoms with Gasteiger partial charge in [0.1, 0.15) is 17.3 Å². The molecule has 3 aromatic rings. The molecular weight excluding hydrogens is 380 g/mol. The molecule has 0 radical (unpaired) electrons. The second-order valence-corrected chi connectivity index (χ2v) is 6.34. The fourth-order valence-electron chi connectivity index (χ4n) is 2.81. The van der Waals surface area contributed by atoms with Gasteiger partial charge in [-0.25, -0.2) is 13.8 Å². The van der Waals surface area contributed by atoms with E-state index in [1.54, 1.807) is 0 Å². The lowest BCUT2D eigenvalue weighted by atomic mass is 9.99. The lowest BCUT2D eigenvalue weighted by molar-refractivity contribution is -0.132. The van der Waals surface area contributed by atoms with Gasteiger partial charge in [0.2, 0.25) is 5.13 Å². The van der Waals surface area contributed by atoms with Crippen LogP contribution in [0.15, 0.2) is 41.8 Å². The summed E-state index contributed by atoms with van der Waals surface area (Å²) in [4.78, 5) is 32.9. The molecule has 27 heavy (non-hydrogen) atoms. The number of rotatable bonds is 3. The molecule has 1 atom stereocenters. The third kappa shape index (κ3) is 2.68. The van der Waals surface area contributed by atoms with Crippen LogP contribution in [0.5, 0.6) is 0 Å². The predicted octanol–water partition coefficient (Wildman–Crippen LogP) is 2.17. The van der Waals surface area contributed by atoms with Crippen molar-refractivity contribution in [1.82, 2.24) is 20.2 Å². The number of hydrogen-bond acceptors (Lipinski definition) is 7. The Hall–Kier alpha value is -3.47. The molecule has 1 aromatic carbocycles. The molecule has 2 N–H and O–H groups in total. The normalized spacial score (nSPS) is 19.0. The van der Waals surface area contributed by atoms with Gasteiger partial charge in [0.15, 0.2) is 11.6 Å². The molecular formula is C16H9F2N5O3S. The van der Waals surface area contributed by atoms with Crippen LogP contribution in [0, 0.1) is 11.6 Å². The molecule has 0 saturated carbocycles. The topological polar surface area (TPSA) is 112 Å². The number of hydrogen-bond donors (Lipinski definition) is 2. The number of ketones is 1. The fraction of sp³-hybridized carbons (Fsp3) is 0.0625. The van der Waals surface area contributed by atoms with Crippen molar-refractivity contribution in [2.24, 2.45) is 0 Å². The van der Waals surface area contributed by atoms with Gasteiger partial charge in [-0.15, -0.1) is 10.2 Å². The maximum atomic E-state index is 13.6. The molecule has 136 valence electrons. The maximum Gasteiger partial charge on any atom is 0.302 e. The molecule has 4 rings (SSSR count). The van der Waals surface area contributed by atoms with E-state index in [-0.39, 0.29) is 16.3 Å².